The molecule has 0 aliphatic heterocycles. The Labute approximate surface area is 149 Å². The molecule has 0 saturated heterocycles. The molecule has 2 aromatic rings. The Morgan fingerprint density at radius 3 is 2.50 bits per heavy atom. The van der Waals surface area contributed by atoms with Crippen LogP contribution in [-0.2, 0) is 0 Å². The van der Waals surface area contributed by atoms with E-state index in [1.807, 2.05) is 12.1 Å². The number of hydrogen-bond donors (Lipinski definition) is 0. The van der Waals surface area contributed by atoms with E-state index in [1.165, 1.54) is 11.0 Å². The van der Waals surface area contributed by atoms with Crippen molar-refractivity contribution in [2.24, 2.45) is 0 Å². The lowest BCUT2D eigenvalue weighted by molar-refractivity contribution is 0.0773. The SMILES string of the molecule is COc1ccccc1OCCN(C)C(=O)c1cc(F)c(Cl)cc1Cl. The third kappa shape index (κ3) is 4.30. The van der Waals surface area contributed by atoms with E-state index in [0.29, 0.717) is 11.5 Å². The molecule has 0 aromatic heterocycles. The third-order valence-corrected chi connectivity index (χ3v) is 3.94. The lowest BCUT2D eigenvalue weighted by atomic mass is 10.2. The number of rotatable bonds is 6. The molecule has 0 aliphatic carbocycles. The van der Waals surface area contributed by atoms with Gasteiger partial charge in [0.25, 0.3) is 5.91 Å². The van der Waals surface area contributed by atoms with Crippen LogP contribution in [0.3, 0.4) is 0 Å². The summed E-state index contributed by atoms with van der Waals surface area (Å²) in [6, 6.07) is 9.45. The van der Waals surface area contributed by atoms with Gasteiger partial charge in [-0.05, 0) is 24.3 Å². The molecule has 0 fully saturated rings. The normalized spacial score (nSPS) is 10.4. The predicted molar refractivity (Wildman–Crippen MR) is 91.9 cm³/mol. The number of likely N-dealkylation sites (N-methyl/N-ethyl adjacent to an activating group) is 1. The van der Waals surface area contributed by atoms with E-state index in [-0.39, 0.29) is 28.8 Å². The van der Waals surface area contributed by atoms with E-state index in [0.717, 1.165) is 6.07 Å². The lowest BCUT2D eigenvalue weighted by Gasteiger charge is -2.19. The molecule has 0 heterocycles. The monoisotopic (exact) mass is 371 g/mol. The van der Waals surface area contributed by atoms with Gasteiger partial charge in [-0.1, -0.05) is 35.3 Å². The zero-order chi connectivity index (χ0) is 17.7. The summed E-state index contributed by atoms with van der Waals surface area (Å²) in [5.74, 6) is 0.0768. The molecular formula is C17H16Cl2FNO3. The average Bonchev–Trinajstić information content (AvgIpc) is 2.57. The zero-order valence-corrected chi connectivity index (χ0v) is 14.7. The van der Waals surface area contributed by atoms with Gasteiger partial charge in [0.05, 0.1) is 29.3 Å². The molecule has 0 saturated carbocycles. The molecule has 0 bridgehead atoms. The van der Waals surface area contributed by atoms with Gasteiger partial charge in [0.15, 0.2) is 11.5 Å². The van der Waals surface area contributed by atoms with Gasteiger partial charge in [0.2, 0.25) is 0 Å². The van der Waals surface area contributed by atoms with Crippen LogP contribution in [0.5, 0.6) is 11.5 Å². The number of nitrogens with zero attached hydrogens (tertiary/aromatic N) is 1. The number of halogens is 3. The Hall–Kier alpha value is -1.98. The Kier molecular flexibility index (Phi) is 6.29. The minimum Gasteiger partial charge on any atom is -0.493 e. The fourth-order valence-corrected chi connectivity index (χ4v) is 2.49. The highest BCUT2D eigenvalue weighted by Gasteiger charge is 2.18. The molecule has 2 rings (SSSR count). The first kappa shape index (κ1) is 18.4. The summed E-state index contributed by atoms with van der Waals surface area (Å²) in [5.41, 5.74) is 0.0540. The largest absolute Gasteiger partial charge is 0.493 e. The van der Waals surface area contributed by atoms with Crippen molar-refractivity contribution >= 4 is 29.1 Å². The fraction of sp³-hybridized carbons (Fsp3) is 0.235. The van der Waals surface area contributed by atoms with Crippen molar-refractivity contribution in [1.29, 1.82) is 0 Å². The molecule has 0 unspecified atom stereocenters. The molecule has 0 radical (unpaired) electrons. The minimum absolute atomic E-state index is 0.0540. The lowest BCUT2D eigenvalue weighted by Crippen LogP contribution is -2.31. The summed E-state index contributed by atoms with van der Waals surface area (Å²) in [5, 5.41) is -0.0254. The Morgan fingerprint density at radius 1 is 1.17 bits per heavy atom. The molecule has 0 spiro atoms. The number of carbonyl (C=O) groups excluding carboxylic acids is 1. The van der Waals surface area contributed by atoms with E-state index < -0.39 is 11.7 Å². The molecule has 0 aliphatic rings. The Bertz CT molecular complexity index is 740. The van der Waals surface area contributed by atoms with Crippen LogP contribution in [0.1, 0.15) is 10.4 Å². The van der Waals surface area contributed by atoms with Crippen molar-refractivity contribution in [3.05, 3.63) is 57.8 Å². The predicted octanol–water partition coefficient (Wildman–Crippen LogP) is 4.29. The molecular weight excluding hydrogens is 356 g/mol. The number of ether oxygens (including phenoxy) is 2. The number of hydrogen-bond acceptors (Lipinski definition) is 3. The second-order valence-corrected chi connectivity index (χ2v) is 5.79. The first-order chi connectivity index (χ1) is 11.4. The second kappa shape index (κ2) is 8.22. The maximum absolute atomic E-state index is 13.5. The van der Waals surface area contributed by atoms with Crippen LogP contribution >= 0.6 is 23.2 Å². The van der Waals surface area contributed by atoms with Crippen LogP contribution < -0.4 is 9.47 Å². The van der Waals surface area contributed by atoms with Crippen LogP contribution in [0.2, 0.25) is 10.0 Å². The van der Waals surface area contributed by atoms with Crippen molar-refractivity contribution in [3.8, 4) is 11.5 Å². The Balaban J connectivity index is 1.98. The molecule has 2 aromatic carbocycles. The zero-order valence-electron chi connectivity index (χ0n) is 13.2. The standard InChI is InChI=1S/C17H16Cl2FNO3/c1-21(7-8-24-16-6-4-3-5-15(16)23-2)17(22)11-9-14(20)13(19)10-12(11)18/h3-6,9-10H,7-8H2,1-2H3. The highest BCUT2D eigenvalue weighted by Crippen LogP contribution is 2.26. The van der Waals surface area contributed by atoms with Crippen molar-refractivity contribution in [1.82, 2.24) is 4.90 Å². The average molecular weight is 372 g/mol. The number of para-hydroxylation sites is 2. The van der Waals surface area contributed by atoms with Crippen LogP contribution in [0.25, 0.3) is 0 Å². The van der Waals surface area contributed by atoms with Crippen molar-refractivity contribution in [3.63, 3.8) is 0 Å². The van der Waals surface area contributed by atoms with Gasteiger partial charge in [0.1, 0.15) is 12.4 Å². The number of methoxy groups -OCH3 is 1. The van der Waals surface area contributed by atoms with Gasteiger partial charge in [0, 0.05) is 7.05 Å². The van der Waals surface area contributed by atoms with E-state index in [2.05, 4.69) is 0 Å². The maximum atomic E-state index is 13.5. The fourth-order valence-electron chi connectivity index (χ4n) is 2.02. The van der Waals surface area contributed by atoms with Gasteiger partial charge >= 0.3 is 0 Å². The van der Waals surface area contributed by atoms with Crippen LogP contribution in [0.15, 0.2) is 36.4 Å². The van der Waals surface area contributed by atoms with Crippen molar-refractivity contribution < 1.29 is 18.7 Å². The topological polar surface area (TPSA) is 38.8 Å². The van der Waals surface area contributed by atoms with E-state index in [1.54, 1.807) is 26.3 Å². The van der Waals surface area contributed by atoms with Gasteiger partial charge in [-0.25, -0.2) is 4.39 Å². The quantitative estimate of drug-likeness (QED) is 0.710. The summed E-state index contributed by atoms with van der Waals surface area (Å²) >= 11 is 11.6. The number of carbonyl (C=O) groups is 1. The van der Waals surface area contributed by atoms with Gasteiger partial charge in [-0.3, -0.25) is 4.79 Å². The van der Waals surface area contributed by atoms with Gasteiger partial charge < -0.3 is 14.4 Å². The van der Waals surface area contributed by atoms with E-state index in [4.69, 9.17) is 32.7 Å². The minimum atomic E-state index is -0.692. The third-order valence-electron chi connectivity index (χ3n) is 3.34. The number of benzene rings is 2. The second-order valence-electron chi connectivity index (χ2n) is 4.97. The molecule has 128 valence electrons. The van der Waals surface area contributed by atoms with Gasteiger partial charge in [-0.15, -0.1) is 0 Å². The van der Waals surface area contributed by atoms with Crippen molar-refractivity contribution in [2.45, 2.75) is 0 Å². The summed E-state index contributed by atoms with van der Waals surface area (Å²) in [6.07, 6.45) is 0. The maximum Gasteiger partial charge on any atom is 0.255 e. The highest BCUT2D eigenvalue weighted by molar-refractivity contribution is 6.36. The first-order valence-corrected chi connectivity index (χ1v) is 7.85. The molecule has 0 N–H and O–H groups in total. The molecule has 24 heavy (non-hydrogen) atoms. The summed E-state index contributed by atoms with van der Waals surface area (Å²) in [4.78, 5) is 13.7. The molecule has 7 heteroatoms. The van der Waals surface area contributed by atoms with E-state index >= 15 is 0 Å². The summed E-state index contributed by atoms with van der Waals surface area (Å²) in [6.45, 7) is 0.535. The molecule has 0 atom stereocenters. The summed E-state index contributed by atoms with van der Waals surface area (Å²) in [7, 11) is 3.13. The first-order valence-electron chi connectivity index (χ1n) is 7.10. The summed E-state index contributed by atoms with van der Waals surface area (Å²) < 4.78 is 24.3. The number of amides is 1. The highest BCUT2D eigenvalue weighted by atomic mass is 35.5. The molecule has 4 nitrogen and oxygen atoms in total. The molecule has 1 amide bonds. The van der Waals surface area contributed by atoms with Crippen LogP contribution in [0.4, 0.5) is 4.39 Å². The Morgan fingerprint density at radius 2 is 1.83 bits per heavy atom. The van der Waals surface area contributed by atoms with Crippen LogP contribution in [-0.4, -0.2) is 38.1 Å². The van der Waals surface area contributed by atoms with E-state index in [9.17, 15) is 9.18 Å². The van der Waals surface area contributed by atoms with Crippen molar-refractivity contribution in [2.75, 3.05) is 27.3 Å². The van der Waals surface area contributed by atoms with Crippen LogP contribution in [0, 0.1) is 5.82 Å². The smallest absolute Gasteiger partial charge is 0.255 e. The van der Waals surface area contributed by atoms with Gasteiger partial charge in [-0.2, -0.15) is 0 Å².